The molecule has 0 unspecified atom stereocenters. The van der Waals surface area contributed by atoms with Gasteiger partial charge < -0.3 is 10.4 Å². The van der Waals surface area contributed by atoms with E-state index in [1.807, 2.05) is 24.3 Å². The number of hydrogen-bond acceptors (Lipinski definition) is 2. The van der Waals surface area contributed by atoms with E-state index in [1.54, 1.807) is 19.1 Å². The van der Waals surface area contributed by atoms with Crippen molar-refractivity contribution in [3.05, 3.63) is 77.1 Å². The smallest absolute Gasteiger partial charge is 0.244 e. The maximum absolute atomic E-state index is 13.2. The SMILES string of the molecule is C/C(=C/C(=O)N[C@H]1c2ccccc2C[C@H]1O)c1cccc(F)c1. The van der Waals surface area contributed by atoms with Crippen LogP contribution in [-0.2, 0) is 11.2 Å². The average Bonchev–Trinajstić information content (AvgIpc) is 2.83. The Kier molecular flexibility index (Phi) is 4.26. The zero-order chi connectivity index (χ0) is 16.4. The third kappa shape index (κ3) is 3.32. The van der Waals surface area contributed by atoms with E-state index in [0.717, 1.165) is 11.1 Å². The highest BCUT2D eigenvalue weighted by Gasteiger charge is 2.31. The number of fused-ring (bicyclic) bond motifs is 1. The third-order valence-electron chi connectivity index (χ3n) is 4.13. The Bertz CT molecular complexity index is 769. The summed E-state index contributed by atoms with van der Waals surface area (Å²) in [5.41, 5.74) is 3.33. The summed E-state index contributed by atoms with van der Waals surface area (Å²) in [5, 5.41) is 13.0. The largest absolute Gasteiger partial charge is 0.390 e. The van der Waals surface area contributed by atoms with E-state index in [4.69, 9.17) is 0 Å². The van der Waals surface area contributed by atoms with Gasteiger partial charge in [0.2, 0.25) is 5.91 Å². The van der Waals surface area contributed by atoms with E-state index in [2.05, 4.69) is 5.32 Å². The van der Waals surface area contributed by atoms with Gasteiger partial charge in [-0.05, 0) is 41.3 Å². The highest BCUT2D eigenvalue weighted by molar-refractivity contribution is 5.95. The summed E-state index contributed by atoms with van der Waals surface area (Å²) in [6.45, 7) is 1.76. The molecule has 0 spiro atoms. The number of aliphatic hydroxyl groups is 1. The lowest BCUT2D eigenvalue weighted by molar-refractivity contribution is -0.117. The van der Waals surface area contributed by atoms with E-state index >= 15 is 0 Å². The lowest BCUT2D eigenvalue weighted by atomic mass is 10.1. The van der Waals surface area contributed by atoms with Crippen LogP contribution in [0.1, 0.15) is 29.7 Å². The van der Waals surface area contributed by atoms with Gasteiger partial charge in [-0.25, -0.2) is 4.39 Å². The zero-order valence-electron chi connectivity index (χ0n) is 12.8. The molecule has 118 valence electrons. The summed E-state index contributed by atoms with van der Waals surface area (Å²) in [7, 11) is 0. The highest BCUT2D eigenvalue weighted by Crippen LogP contribution is 2.31. The molecule has 1 amide bonds. The number of benzene rings is 2. The van der Waals surface area contributed by atoms with Gasteiger partial charge in [-0.2, -0.15) is 0 Å². The monoisotopic (exact) mass is 311 g/mol. The third-order valence-corrected chi connectivity index (χ3v) is 4.13. The molecule has 0 saturated carbocycles. The van der Waals surface area contributed by atoms with Crippen LogP contribution in [0.25, 0.3) is 5.57 Å². The minimum absolute atomic E-state index is 0.299. The van der Waals surface area contributed by atoms with Crippen LogP contribution in [-0.4, -0.2) is 17.1 Å². The Balaban J connectivity index is 1.76. The minimum Gasteiger partial charge on any atom is -0.390 e. The molecule has 1 aliphatic rings. The van der Waals surface area contributed by atoms with Gasteiger partial charge in [0.15, 0.2) is 0 Å². The summed E-state index contributed by atoms with van der Waals surface area (Å²) >= 11 is 0. The first-order valence-corrected chi connectivity index (χ1v) is 7.55. The summed E-state index contributed by atoms with van der Waals surface area (Å²) in [6, 6.07) is 13.4. The normalized spacial score (nSPS) is 20.2. The van der Waals surface area contributed by atoms with E-state index < -0.39 is 12.1 Å². The van der Waals surface area contributed by atoms with Crippen LogP contribution in [0, 0.1) is 5.82 Å². The molecule has 0 radical (unpaired) electrons. The van der Waals surface area contributed by atoms with Gasteiger partial charge in [0.05, 0.1) is 12.1 Å². The van der Waals surface area contributed by atoms with Crippen molar-refractivity contribution < 1.29 is 14.3 Å². The number of rotatable bonds is 3. The van der Waals surface area contributed by atoms with Crippen molar-refractivity contribution in [2.24, 2.45) is 0 Å². The number of hydrogen-bond donors (Lipinski definition) is 2. The lowest BCUT2D eigenvalue weighted by Crippen LogP contribution is -2.32. The lowest BCUT2D eigenvalue weighted by Gasteiger charge is -2.17. The first-order chi connectivity index (χ1) is 11.0. The Hall–Kier alpha value is -2.46. The maximum atomic E-state index is 13.2. The predicted octanol–water partition coefficient (Wildman–Crippen LogP) is 3.00. The van der Waals surface area contributed by atoms with E-state index in [9.17, 15) is 14.3 Å². The molecule has 0 heterocycles. The average molecular weight is 311 g/mol. The number of carbonyl (C=O) groups is 1. The first-order valence-electron chi connectivity index (χ1n) is 7.55. The molecule has 23 heavy (non-hydrogen) atoms. The zero-order valence-corrected chi connectivity index (χ0v) is 12.8. The predicted molar refractivity (Wildman–Crippen MR) is 87.1 cm³/mol. The molecule has 3 rings (SSSR count). The van der Waals surface area contributed by atoms with Gasteiger partial charge in [-0.15, -0.1) is 0 Å². The molecule has 2 aromatic carbocycles. The van der Waals surface area contributed by atoms with Gasteiger partial charge >= 0.3 is 0 Å². The second-order valence-electron chi connectivity index (χ2n) is 5.79. The molecule has 3 nitrogen and oxygen atoms in total. The summed E-state index contributed by atoms with van der Waals surface area (Å²) in [4.78, 5) is 12.2. The minimum atomic E-state index is -0.626. The number of nitrogens with one attached hydrogen (secondary N) is 1. The fraction of sp³-hybridized carbons (Fsp3) is 0.211. The van der Waals surface area contributed by atoms with Crippen LogP contribution in [0.15, 0.2) is 54.6 Å². The van der Waals surface area contributed by atoms with Crippen molar-refractivity contribution in [1.29, 1.82) is 0 Å². The summed E-state index contributed by atoms with van der Waals surface area (Å²) in [5.74, 6) is -0.636. The molecular formula is C19H18FNO2. The Morgan fingerprint density at radius 1 is 1.26 bits per heavy atom. The van der Waals surface area contributed by atoms with Crippen molar-refractivity contribution in [3.63, 3.8) is 0 Å². The van der Waals surface area contributed by atoms with E-state index in [-0.39, 0.29) is 11.7 Å². The quantitative estimate of drug-likeness (QED) is 0.856. The van der Waals surface area contributed by atoms with Crippen LogP contribution in [0.4, 0.5) is 4.39 Å². The highest BCUT2D eigenvalue weighted by atomic mass is 19.1. The van der Waals surface area contributed by atoms with Crippen molar-refractivity contribution in [1.82, 2.24) is 5.32 Å². The van der Waals surface area contributed by atoms with Crippen LogP contribution in [0.5, 0.6) is 0 Å². The topological polar surface area (TPSA) is 49.3 Å². The van der Waals surface area contributed by atoms with Crippen molar-refractivity contribution >= 4 is 11.5 Å². The van der Waals surface area contributed by atoms with Gasteiger partial charge in [0, 0.05) is 12.5 Å². The van der Waals surface area contributed by atoms with Gasteiger partial charge in [0.1, 0.15) is 5.82 Å². The van der Waals surface area contributed by atoms with Crippen molar-refractivity contribution in [2.45, 2.75) is 25.5 Å². The number of aliphatic hydroxyl groups excluding tert-OH is 1. The van der Waals surface area contributed by atoms with Crippen molar-refractivity contribution in [2.75, 3.05) is 0 Å². The van der Waals surface area contributed by atoms with Gasteiger partial charge in [0.25, 0.3) is 0 Å². The first kappa shape index (κ1) is 15.4. The summed E-state index contributed by atoms with van der Waals surface area (Å²) in [6.07, 6.45) is 1.34. The molecule has 4 heteroatoms. The van der Waals surface area contributed by atoms with Crippen LogP contribution >= 0.6 is 0 Å². The molecule has 0 fully saturated rings. The van der Waals surface area contributed by atoms with E-state index in [1.165, 1.54) is 18.2 Å². The molecule has 0 aromatic heterocycles. The molecule has 0 saturated heterocycles. The van der Waals surface area contributed by atoms with Crippen molar-refractivity contribution in [3.8, 4) is 0 Å². The van der Waals surface area contributed by atoms with E-state index in [0.29, 0.717) is 17.6 Å². The van der Waals surface area contributed by atoms with Gasteiger partial charge in [-0.1, -0.05) is 36.4 Å². The van der Waals surface area contributed by atoms with Crippen LogP contribution in [0.3, 0.4) is 0 Å². The molecule has 0 aliphatic heterocycles. The number of allylic oxidation sites excluding steroid dienone is 1. The molecule has 2 atom stereocenters. The number of halogens is 1. The van der Waals surface area contributed by atoms with Crippen LogP contribution < -0.4 is 5.32 Å². The Morgan fingerprint density at radius 2 is 2.04 bits per heavy atom. The second kappa shape index (κ2) is 6.34. The van der Waals surface area contributed by atoms with Crippen LogP contribution in [0.2, 0.25) is 0 Å². The Morgan fingerprint density at radius 3 is 2.83 bits per heavy atom. The van der Waals surface area contributed by atoms with Gasteiger partial charge in [-0.3, -0.25) is 4.79 Å². The number of amides is 1. The second-order valence-corrected chi connectivity index (χ2v) is 5.79. The molecule has 0 bridgehead atoms. The molecular weight excluding hydrogens is 293 g/mol. The standard InChI is InChI=1S/C19H18FNO2/c1-12(13-6-4-7-15(20)10-13)9-18(23)21-19-16-8-3-2-5-14(16)11-17(19)22/h2-10,17,19,22H,11H2,1H3,(H,21,23)/b12-9-/t17-,19+/m1/s1. The number of carbonyl (C=O) groups excluding carboxylic acids is 1. The molecule has 2 aromatic rings. The fourth-order valence-electron chi connectivity index (χ4n) is 2.96. The molecule has 2 N–H and O–H groups in total. The summed E-state index contributed by atoms with van der Waals surface area (Å²) < 4.78 is 13.2. The maximum Gasteiger partial charge on any atom is 0.244 e. The fourth-order valence-corrected chi connectivity index (χ4v) is 2.96. The molecule has 1 aliphatic carbocycles. The Labute approximate surface area is 134 Å².